The fourth-order valence-electron chi connectivity index (χ4n) is 3.47. The standard InChI is InChI=1S/C20H24N2O3/c1-24-16-9-10-17(19(12-16)25-2)18-4-3-11-22(18)13-14-5-7-15(8-6-14)20(21)23/h5-10,12,18H,3-4,11,13H2,1-2H3,(H2,21,23)/t18-/m0/s1. The lowest BCUT2D eigenvalue weighted by Gasteiger charge is -2.26. The Labute approximate surface area is 148 Å². The van der Waals surface area contributed by atoms with Gasteiger partial charge in [-0.1, -0.05) is 18.2 Å². The van der Waals surface area contributed by atoms with Gasteiger partial charge in [0, 0.05) is 29.8 Å². The van der Waals surface area contributed by atoms with Crippen LogP contribution < -0.4 is 15.2 Å². The highest BCUT2D eigenvalue weighted by molar-refractivity contribution is 5.92. The fourth-order valence-corrected chi connectivity index (χ4v) is 3.47. The summed E-state index contributed by atoms with van der Waals surface area (Å²) in [6, 6.07) is 13.9. The quantitative estimate of drug-likeness (QED) is 0.877. The number of hydrogen-bond acceptors (Lipinski definition) is 4. The molecule has 2 aromatic rings. The van der Waals surface area contributed by atoms with Crippen molar-refractivity contribution in [3.8, 4) is 11.5 Å². The largest absolute Gasteiger partial charge is 0.497 e. The van der Waals surface area contributed by atoms with E-state index < -0.39 is 5.91 Å². The van der Waals surface area contributed by atoms with Gasteiger partial charge in [0.1, 0.15) is 11.5 Å². The molecule has 2 aromatic carbocycles. The van der Waals surface area contributed by atoms with Crippen molar-refractivity contribution in [2.24, 2.45) is 5.73 Å². The van der Waals surface area contributed by atoms with Gasteiger partial charge in [0.05, 0.1) is 14.2 Å². The van der Waals surface area contributed by atoms with E-state index >= 15 is 0 Å². The second-order valence-electron chi connectivity index (χ2n) is 6.30. The molecule has 132 valence electrons. The van der Waals surface area contributed by atoms with Crippen LogP contribution in [0.25, 0.3) is 0 Å². The Kier molecular flexibility index (Phi) is 5.24. The third kappa shape index (κ3) is 3.77. The molecule has 0 aromatic heterocycles. The maximum Gasteiger partial charge on any atom is 0.248 e. The van der Waals surface area contributed by atoms with Crippen LogP contribution in [0.15, 0.2) is 42.5 Å². The maximum atomic E-state index is 11.2. The fraction of sp³-hybridized carbons (Fsp3) is 0.350. The highest BCUT2D eigenvalue weighted by Gasteiger charge is 2.28. The van der Waals surface area contributed by atoms with Crippen LogP contribution in [0.1, 0.15) is 40.4 Å². The Bertz CT molecular complexity index is 743. The number of likely N-dealkylation sites (tertiary alicyclic amines) is 1. The van der Waals surface area contributed by atoms with Gasteiger partial charge >= 0.3 is 0 Å². The van der Waals surface area contributed by atoms with Gasteiger partial charge in [-0.25, -0.2) is 0 Å². The van der Waals surface area contributed by atoms with Crippen molar-refractivity contribution in [3.63, 3.8) is 0 Å². The van der Waals surface area contributed by atoms with Gasteiger partial charge in [0.2, 0.25) is 5.91 Å². The van der Waals surface area contributed by atoms with E-state index in [1.807, 2.05) is 24.3 Å². The molecule has 0 saturated carbocycles. The smallest absolute Gasteiger partial charge is 0.248 e. The second-order valence-corrected chi connectivity index (χ2v) is 6.30. The summed E-state index contributed by atoms with van der Waals surface area (Å²) in [6.07, 6.45) is 2.25. The van der Waals surface area contributed by atoms with Gasteiger partial charge < -0.3 is 15.2 Å². The average Bonchev–Trinajstić information content (AvgIpc) is 3.09. The lowest BCUT2D eigenvalue weighted by molar-refractivity contribution is 0.1000. The zero-order valence-electron chi connectivity index (χ0n) is 14.7. The van der Waals surface area contributed by atoms with Crippen molar-refractivity contribution in [2.75, 3.05) is 20.8 Å². The van der Waals surface area contributed by atoms with Gasteiger partial charge in [0.25, 0.3) is 0 Å². The number of primary amides is 1. The molecule has 0 radical (unpaired) electrons. The lowest BCUT2D eigenvalue weighted by atomic mass is 10.0. The molecule has 1 aliphatic rings. The molecule has 1 aliphatic heterocycles. The van der Waals surface area contributed by atoms with E-state index in [-0.39, 0.29) is 0 Å². The van der Waals surface area contributed by atoms with Crippen molar-refractivity contribution in [3.05, 3.63) is 59.2 Å². The minimum atomic E-state index is -0.395. The van der Waals surface area contributed by atoms with E-state index in [9.17, 15) is 4.79 Å². The number of nitrogens with zero attached hydrogens (tertiary/aromatic N) is 1. The van der Waals surface area contributed by atoms with E-state index in [1.165, 1.54) is 11.1 Å². The normalized spacial score (nSPS) is 17.4. The molecule has 0 spiro atoms. The molecule has 0 bridgehead atoms. The molecule has 1 amide bonds. The first kappa shape index (κ1) is 17.3. The van der Waals surface area contributed by atoms with Crippen molar-refractivity contribution in [1.29, 1.82) is 0 Å². The highest BCUT2D eigenvalue weighted by atomic mass is 16.5. The van der Waals surface area contributed by atoms with Gasteiger partial charge in [-0.05, 0) is 43.1 Å². The molecule has 5 nitrogen and oxygen atoms in total. The van der Waals surface area contributed by atoms with Crippen molar-refractivity contribution in [2.45, 2.75) is 25.4 Å². The van der Waals surface area contributed by atoms with Crippen LogP contribution >= 0.6 is 0 Å². The van der Waals surface area contributed by atoms with Crippen LogP contribution in [0.2, 0.25) is 0 Å². The molecule has 1 fully saturated rings. The summed E-state index contributed by atoms with van der Waals surface area (Å²) >= 11 is 0. The predicted octanol–water partition coefficient (Wildman–Crippen LogP) is 3.14. The summed E-state index contributed by atoms with van der Waals surface area (Å²) in [5.74, 6) is 1.26. The number of rotatable bonds is 6. The summed E-state index contributed by atoms with van der Waals surface area (Å²) in [5.41, 5.74) is 8.21. The molecule has 1 atom stereocenters. The first-order valence-corrected chi connectivity index (χ1v) is 8.47. The minimum absolute atomic E-state index is 0.316. The molecular formula is C20H24N2O3. The third-order valence-corrected chi connectivity index (χ3v) is 4.79. The van der Waals surface area contributed by atoms with Gasteiger partial charge in [-0.15, -0.1) is 0 Å². The molecule has 1 heterocycles. The van der Waals surface area contributed by atoms with Crippen molar-refractivity contribution in [1.82, 2.24) is 4.90 Å². The number of carbonyl (C=O) groups excluding carboxylic acids is 1. The summed E-state index contributed by atoms with van der Waals surface area (Å²) in [6.45, 7) is 1.87. The molecule has 25 heavy (non-hydrogen) atoms. The minimum Gasteiger partial charge on any atom is -0.497 e. The number of carbonyl (C=O) groups is 1. The molecule has 5 heteroatoms. The Morgan fingerprint density at radius 3 is 2.56 bits per heavy atom. The lowest BCUT2D eigenvalue weighted by Crippen LogP contribution is -2.23. The molecule has 0 unspecified atom stereocenters. The first-order chi connectivity index (χ1) is 12.1. The molecule has 3 rings (SSSR count). The zero-order chi connectivity index (χ0) is 17.8. The number of hydrogen-bond donors (Lipinski definition) is 1. The molecule has 0 aliphatic carbocycles. The van der Waals surface area contributed by atoms with Crippen molar-refractivity contribution < 1.29 is 14.3 Å². The summed E-state index contributed by atoms with van der Waals surface area (Å²) in [7, 11) is 3.35. The van der Waals surface area contributed by atoms with E-state index in [0.29, 0.717) is 11.6 Å². The Hall–Kier alpha value is -2.53. The number of benzene rings is 2. The van der Waals surface area contributed by atoms with Crippen LogP contribution in [-0.4, -0.2) is 31.6 Å². The van der Waals surface area contributed by atoms with Crippen LogP contribution in [0.5, 0.6) is 11.5 Å². The Morgan fingerprint density at radius 1 is 1.16 bits per heavy atom. The number of ether oxygens (including phenoxy) is 2. The van der Waals surface area contributed by atoms with E-state index in [2.05, 4.69) is 11.0 Å². The molecule has 1 saturated heterocycles. The Morgan fingerprint density at radius 2 is 1.92 bits per heavy atom. The maximum absolute atomic E-state index is 11.2. The SMILES string of the molecule is COc1ccc([C@@H]2CCCN2Cc2ccc(C(N)=O)cc2)c(OC)c1. The van der Waals surface area contributed by atoms with Crippen LogP contribution in [0.3, 0.4) is 0 Å². The van der Waals surface area contributed by atoms with Gasteiger partial charge in [-0.3, -0.25) is 9.69 Å². The number of methoxy groups -OCH3 is 2. The van der Waals surface area contributed by atoms with Gasteiger partial charge in [-0.2, -0.15) is 0 Å². The van der Waals surface area contributed by atoms with E-state index in [4.69, 9.17) is 15.2 Å². The summed E-state index contributed by atoms with van der Waals surface area (Å²) in [5, 5.41) is 0. The zero-order valence-corrected chi connectivity index (χ0v) is 14.7. The van der Waals surface area contributed by atoms with Crippen molar-refractivity contribution >= 4 is 5.91 Å². The summed E-state index contributed by atoms with van der Waals surface area (Å²) < 4.78 is 10.9. The topological polar surface area (TPSA) is 64.8 Å². The number of nitrogens with two attached hydrogens (primary N) is 1. The molecular weight excluding hydrogens is 316 g/mol. The monoisotopic (exact) mass is 340 g/mol. The first-order valence-electron chi connectivity index (χ1n) is 8.47. The Balaban J connectivity index is 1.79. The number of amides is 1. The predicted molar refractivity (Wildman–Crippen MR) is 96.9 cm³/mol. The third-order valence-electron chi connectivity index (χ3n) is 4.79. The van der Waals surface area contributed by atoms with Crippen LogP contribution in [0.4, 0.5) is 0 Å². The van der Waals surface area contributed by atoms with E-state index in [0.717, 1.165) is 37.4 Å². The van der Waals surface area contributed by atoms with Crippen LogP contribution in [-0.2, 0) is 6.54 Å². The average molecular weight is 340 g/mol. The summed E-state index contributed by atoms with van der Waals surface area (Å²) in [4.78, 5) is 13.7. The highest BCUT2D eigenvalue weighted by Crippen LogP contribution is 2.39. The molecule has 2 N–H and O–H groups in total. The second kappa shape index (κ2) is 7.57. The van der Waals surface area contributed by atoms with Crippen LogP contribution in [0, 0.1) is 0 Å². The van der Waals surface area contributed by atoms with E-state index in [1.54, 1.807) is 26.4 Å². The van der Waals surface area contributed by atoms with Gasteiger partial charge in [0.15, 0.2) is 0 Å².